The molecule has 0 aliphatic carbocycles. The fraction of sp³-hybridized carbons (Fsp3) is 0.312. The van der Waals surface area contributed by atoms with Crippen LogP contribution in [0.15, 0.2) is 46.3 Å². The van der Waals surface area contributed by atoms with Gasteiger partial charge in [0, 0.05) is 24.5 Å². The summed E-state index contributed by atoms with van der Waals surface area (Å²) in [5, 5.41) is 22.0. The van der Waals surface area contributed by atoms with Crippen LogP contribution in [0.1, 0.15) is 16.9 Å². The number of amides is 1. The summed E-state index contributed by atoms with van der Waals surface area (Å²) in [7, 11) is 0. The van der Waals surface area contributed by atoms with E-state index in [0.29, 0.717) is 23.1 Å². The van der Waals surface area contributed by atoms with Crippen molar-refractivity contribution in [1.82, 2.24) is 15.5 Å². The first kappa shape index (κ1) is 17.2. The van der Waals surface area contributed by atoms with Gasteiger partial charge in [0.25, 0.3) is 5.91 Å². The number of benzene rings is 1. The minimum absolute atomic E-state index is 0.129. The van der Waals surface area contributed by atoms with Gasteiger partial charge in [-0.25, -0.2) is 0 Å². The van der Waals surface area contributed by atoms with Gasteiger partial charge in [-0.1, -0.05) is 35.5 Å². The molecule has 3 rings (SSSR count). The zero-order valence-corrected chi connectivity index (χ0v) is 14.3. The summed E-state index contributed by atoms with van der Waals surface area (Å²) in [6.45, 7) is 0.857. The average Bonchev–Trinajstić information content (AvgIpc) is 3.03. The molecule has 126 valence electrons. The fourth-order valence-corrected chi connectivity index (χ4v) is 3.21. The van der Waals surface area contributed by atoms with E-state index in [2.05, 4.69) is 15.5 Å². The van der Waals surface area contributed by atoms with Gasteiger partial charge >= 0.3 is 0 Å². The van der Waals surface area contributed by atoms with Crippen LogP contribution in [0.3, 0.4) is 0 Å². The lowest BCUT2D eigenvalue weighted by atomic mass is 10.0. The third-order valence-corrected chi connectivity index (χ3v) is 5.03. The monoisotopic (exact) mass is 365 g/mol. The first-order valence-electron chi connectivity index (χ1n) is 7.40. The van der Waals surface area contributed by atoms with E-state index in [1.54, 1.807) is 18.2 Å². The molecule has 1 unspecified atom stereocenters. The van der Waals surface area contributed by atoms with Crippen molar-refractivity contribution in [3.63, 3.8) is 0 Å². The number of rotatable bonds is 5. The molecule has 1 fully saturated rings. The molecular formula is C16H16ClN3O3S. The normalized spacial score (nSPS) is 20.1. The molecule has 2 heterocycles. The molecule has 6 nitrogen and oxygen atoms in total. The largest absolute Gasteiger partial charge is 0.386 e. The molecule has 0 radical (unpaired) electrons. The van der Waals surface area contributed by atoms with Crippen LogP contribution in [0, 0.1) is 0 Å². The molecule has 0 saturated carbocycles. The Morgan fingerprint density at radius 3 is 2.83 bits per heavy atom. The maximum Gasteiger partial charge on any atom is 0.271 e. The predicted octanol–water partition coefficient (Wildman–Crippen LogP) is 2.16. The zero-order chi connectivity index (χ0) is 17.0. The molecule has 0 bridgehead atoms. The quantitative estimate of drug-likeness (QED) is 0.844. The molecule has 1 aliphatic heterocycles. The van der Waals surface area contributed by atoms with Gasteiger partial charge in [-0.05, 0) is 24.3 Å². The van der Waals surface area contributed by atoms with Crippen molar-refractivity contribution in [2.24, 2.45) is 0 Å². The van der Waals surface area contributed by atoms with E-state index < -0.39 is 5.60 Å². The molecule has 2 N–H and O–H groups in total. The van der Waals surface area contributed by atoms with Gasteiger partial charge in [0.15, 0.2) is 5.69 Å². The zero-order valence-electron chi connectivity index (χ0n) is 12.7. The number of carbonyl (C=O) groups excluding carboxylic acids is 1. The first-order valence-corrected chi connectivity index (χ1v) is 8.60. The first-order chi connectivity index (χ1) is 11.6. The highest BCUT2D eigenvalue weighted by Gasteiger charge is 2.32. The summed E-state index contributed by atoms with van der Waals surface area (Å²) in [6, 6.07) is 10.7. The summed E-state index contributed by atoms with van der Waals surface area (Å²) in [5.74, 6) is -0.378. The Morgan fingerprint density at radius 1 is 1.33 bits per heavy atom. The number of nitrogens with zero attached hydrogens (tertiary/aromatic N) is 2. The van der Waals surface area contributed by atoms with E-state index in [4.69, 9.17) is 16.3 Å². The molecule has 8 heteroatoms. The van der Waals surface area contributed by atoms with Crippen LogP contribution < -0.4 is 5.32 Å². The molecule has 2 aromatic rings. The van der Waals surface area contributed by atoms with Gasteiger partial charge in [-0.3, -0.25) is 4.79 Å². The topological polar surface area (TPSA) is 84.3 Å². The number of nitrogens with one attached hydrogen (secondary N) is 1. The maximum absolute atomic E-state index is 12.1. The summed E-state index contributed by atoms with van der Waals surface area (Å²) in [5.41, 5.74) is -0.802. The van der Waals surface area contributed by atoms with Crippen LogP contribution in [-0.2, 0) is 4.74 Å². The van der Waals surface area contributed by atoms with Crippen LogP contribution >= 0.6 is 23.4 Å². The van der Waals surface area contributed by atoms with Crippen LogP contribution in [0.5, 0.6) is 0 Å². The summed E-state index contributed by atoms with van der Waals surface area (Å²) >= 11 is 7.48. The maximum atomic E-state index is 12.1. The highest BCUT2D eigenvalue weighted by molar-refractivity contribution is 7.99. The van der Waals surface area contributed by atoms with E-state index in [0.717, 1.165) is 4.90 Å². The lowest BCUT2D eigenvalue weighted by Gasteiger charge is -2.20. The van der Waals surface area contributed by atoms with Crippen LogP contribution in [0.4, 0.5) is 0 Å². The highest BCUT2D eigenvalue weighted by Crippen LogP contribution is 2.31. The fourth-order valence-electron chi connectivity index (χ4n) is 2.21. The number of aliphatic hydroxyl groups is 1. The molecule has 1 aromatic heterocycles. The van der Waals surface area contributed by atoms with Gasteiger partial charge < -0.3 is 15.2 Å². The van der Waals surface area contributed by atoms with Gasteiger partial charge in [0.1, 0.15) is 10.6 Å². The number of halogens is 1. The van der Waals surface area contributed by atoms with Crippen molar-refractivity contribution >= 4 is 29.3 Å². The predicted molar refractivity (Wildman–Crippen MR) is 90.3 cm³/mol. The number of hydrogen-bond acceptors (Lipinski definition) is 6. The summed E-state index contributed by atoms with van der Waals surface area (Å²) in [4.78, 5) is 12.9. The third-order valence-electron chi connectivity index (χ3n) is 3.58. The lowest BCUT2D eigenvalue weighted by Crippen LogP contribution is -2.43. The molecular weight excluding hydrogens is 350 g/mol. The van der Waals surface area contributed by atoms with Gasteiger partial charge in [0.05, 0.1) is 11.6 Å². The third kappa shape index (κ3) is 4.24. The number of hydrogen-bond donors (Lipinski definition) is 2. The SMILES string of the molecule is O=C(NCC1(O)CCOC1)c1ccc(Sc2ccccc2Cl)nn1. The Morgan fingerprint density at radius 2 is 2.17 bits per heavy atom. The van der Waals surface area contributed by atoms with E-state index in [1.807, 2.05) is 18.2 Å². The van der Waals surface area contributed by atoms with E-state index in [-0.39, 0.29) is 24.8 Å². The Kier molecular flexibility index (Phi) is 5.35. The van der Waals surface area contributed by atoms with Crippen molar-refractivity contribution in [2.75, 3.05) is 19.8 Å². The molecule has 1 aromatic carbocycles. The molecule has 1 saturated heterocycles. The molecule has 24 heavy (non-hydrogen) atoms. The average molecular weight is 366 g/mol. The van der Waals surface area contributed by atoms with Crippen molar-refractivity contribution in [3.8, 4) is 0 Å². The molecule has 1 amide bonds. The van der Waals surface area contributed by atoms with E-state index >= 15 is 0 Å². The Bertz CT molecular complexity index is 721. The second kappa shape index (κ2) is 7.48. The van der Waals surface area contributed by atoms with E-state index in [1.165, 1.54) is 11.8 Å². The molecule has 0 spiro atoms. The second-order valence-corrected chi connectivity index (χ2v) is 6.97. The van der Waals surface area contributed by atoms with Crippen LogP contribution in [-0.4, -0.2) is 46.6 Å². The van der Waals surface area contributed by atoms with Crippen molar-refractivity contribution in [3.05, 3.63) is 47.1 Å². The number of carbonyl (C=O) groups is 1. The Labute approximate surface area is 148 Å². The minimum Gasteiger partial charge on any atom is -0.386 e. The van der Waals surface area contributed by atoms with Crippen LogP contribution in [0.2, 0.25) is 5.02 Å². The van der Waals surface area contributed by atoms with Crippen molar-refractivity contribution < 1.29 is 14.6 Å². The van der Waals surface area contributed by atoms with E-state index in [9.17, 15) is 9.90 Å². The van der Waals surface area contributed by atoms with Crippen molar-refractivity contribution in [1.29, 1.82) is 0 Å². The number of aromatic nitrogens is 2. The number of ether oxygens (including phenoxy) is 1. The lowest BCUT2D eigenvalue weighted by molar-refractivity contribution is 0.0264. The van der Waals surface area contributed by atoms with Gasteiger partial charge in [-0.2, -0.15) is 0 Å². The highest BCUT2D eigenvalue weighted by atomic mass is 35.5. The van der Waals surface area contributed by atoms with Gasteiger partial charge in [-0.15, -0.1) is 10.2 Å². The van der Waals surface area contributed by atoms with Crippen molar-refractivity contribution in [2.45, 2.75) is 21.9 Å². The second-order valence-electron chi connectivity index (χ2n) is 5.50. The van der Waals surface area contributed by atoms with Gasteiger partial charge in [0.2, 0.25) is 0 Å². The minimum atomic E-state index is -0.997. The Hall–Kier alpha value is -1.67. The summed E-state index contributed by atoms with van der Waals surface area (Å²) in [6.07, 6.45) is 0.506. The smallest absolute Gasteiger partial charge is 0.271 e. The molecule has 1 atom stereocenters. The van der Waals surface area contributed by atoms with Crippen LogP contribution in [0.25, 0.3) is 0 Å². The Balaban J connectivity index is 1.59. The molecule has 1 aliphatic rings. The summed E-state index contributed by atoms with van der Waals surface area (Å²) < 4.78 is 5.14. The standard InChI is InChI=1S/C16H16ClN3O3S/c17-11-3-1-2-4-13(11)24-14-6-5-12(19-20-14)15(21)18-9-16(22)7-8-23-10-16/h1-6,22H,7-10H2,(H,18,21).